The molecule has 1 fully saturated rings. The van der Waals surface area contributed by atoms with E-state index in [0.29, 0.717) is 5.92 Å². The van der Waals surface area contributed by atoms with Crippen LogP contribution in [0.4, 0.5) is 0 Å². The van der Waals surface area contributed by atoms with Crippen LogP contribution >= 0.6 is 24.4 Å². The normalized spacial score (nSPS) is 32.2. The first-order valence-corrected chi connectivity index (χ1v) is 6.31. The molecule has 3 atom stereocenters. The van der Waals surface area contributed by atoms with Gasteiger partial charge in [0.25, 0.3) is 0 Å². The summed E-state index contributed by atoms with van der Waals surface area (Å²) >= 11 is 1.62. The molecule has 0 saturated carbocycles. The Morgan fingerprint density at radius 3 is 3.00 bits per heavy atom. The first kappa shape index (κ1) is 14.4. The molecule has 2 aliphatic heterocycles. The van der Waals surface area contributed by atoms with Crippen LogP contribution in [0, 0.1) is 5.92 Å². The number of hydrogen-bond acceptors (Lipinski definition) is 4. The van der Waals surface area contributed by atoms with E-state index in [9.17, 15) is 4.79 Å². The van der Waals surface area contributed by atoms with Crippen LogP contribution in [0.3, 0.4) is 0 Å². The maximum atomic E-state index is 10.8. The Morgan fingerprint density at radius 2 is 2.41 bits per heavy atom. The molecule has 3 N–H and O–H groups in total. The van der Waals surface area contributed by atoms with E-state index in [1.165, 1.54) is 4.91 Å². The first-order chi connectivity index (χ1) is 7.74. The van der Waals surface area contributed by atoms with E-state index in [1.807, 2.05) is 19.2 Å². The maximum absolute atomic E-state index is 10.8. The van der Waals surface area contributed by atoms with Crippen molar-refractivity contribution < 1.29 is 4.79 Å². The van der Waals surface area contributed by atoms with Crippen LogP contribution in [0.5, 0.6) is 0 Å². The molecule has 96 valence electrons. The fourth-order valence-corrected chi connectivity index (χ4v) is 3.10. The highest BCUT2D eigenvalue weighted by molar-refractivity contribution is 8.01. The van der Waals surface area contributed by atoms with Gasteiger partial charge in [0.1, 0.15) is 0 Å². The van der Waals surface area contributed by atoms with Gasteiger partial charge < -0.3 is 15.4 Å². The number of amides is 1. The third-order valence-corrected chi connectivity index (χ3v) is 4.27. The quantitative estimate of drug-likeness (QED) is 0.588. The lowest BCUT2D eigenvalue weighted by atomic mass is 9.86. The van der Waals surface area contributed by atoms with Gasteiger partial charge in [0, 0.05) is 35.7 Å². The molecule has 1 saturated heterocycles. The first-order valence-electron chi connectivity index (χ1n) is 5.49. The third-order valence-electron chi connectivity index (χ3n) is 3.35. The van der Waals surface area contributed by atoms with Crippen molar-refractivity contribution in [3.63, 3.8) is 0 Å². The van der Waals surface area contributed by atoms with Crippen molar-refractivity contribution in [3.8, 4) is 0 Å². The number of piperidine rings is 1. The lowest BCUT2D eigenvalue weighted by Crippen LogP contribution is -2.54. The fraction of sp³-hybridized carbons (Fsp3) is 0.545. The van der Waals surface area contributed by atoms with Crippen molar-refractivity contribution in [1.29, 1.82) is 0 Å². The predicted octanol–water partition coefficient (Wildman–Crippen LogP) is 1.25. The summed E-state index contributed by atoms with van der Waals surface area (Å²) in [4.78, 5) is 13.9. The van der Waals surface area contributed by atoms with E-state index in [-0.39, 0.29) is 24.5 Å². The zero-order chi connectivity index (χ0) is 11.5. The van der Waals surface area contributed by atoms with Gasteiger partial charge in [-0.3, -0.25) is 4.79 Å². The van der Waals surface area contributed by atoms with Crippen LogP contribution in [0.15, 0.2) is 23.3 Å². The van der Waals surface area contributed by atoms with Gasteiger partial charge in [-0.05, 0) is 37.4 Å². The summed E-state index contributed by atoms with van der Waals surface area (Å²) in [6, 6.07) is 0.134. The average Bonchev–Trinajstić information content (AvgIpc) is 2.34. The SMILES string of the molecule is C[C@@H]1[C@H](N)C(C2=CC=CNS2)CCN1C=O.Cl. The van der Waals surface area contributed by atoms with Gasteiger partial charge in [0.2, 0.25) is 6.41 Å². The van der Waals surface area contributed by atoms with Gasteiger partial charge in [-0.1, -0.05) is 0 Å². The van der Waals surface area contributed by atoms with E-state index in [4.69, 9.17) is 5.73 Å². The highest BCUT2D eigenvalue weighted by atomic mass is 35.5. The summed E-state index contributed by atoms with van der Waals surface area (Å²) < 4.78 is 3.12. The molecule has 0 spiro atoms. The van der Waals surface area contributed by atoms with E-state index >= 15 is 0 Å². The Bertz CT molecular complexity index is 335. The summed E-state index contributed by atoms with van der Waals surface area (Å²) in [5.41, 5.74) is 6.21. The predicted molar refractivity (Wildman–Crippen MR) is 73.5 cm³/mol. The topological polar surface area (TPSA) is 58.4 Å². The largest absolute Gasteiger partial charge is 0.341 e. The monoisotopic (exact) mass is 275 g/mol. The van der Waals surface area contributed by atoms with Crippen molar-refractivity contribution >= 4 is 30.8 Å². The molecule has 0 aromatic heterocycles. The highest BCUT2D eigenvalue weighted by Gasteiger charge is 2.34. The smallest absolute Gasteiger partial charge is 0.209 e. The van der Waals surface area contributed by atoms with Crippen molar-refractivity contribution in [1.82, 2.24) is 9.62 Å². The number of carbonyl (C=O) groups excluding carboxylic acids is 1. The number of halogens is 1. The molecule has 0 bridgehead atoms. The molecule has 0 radical (unpaired) electrons. The second-order valence-electron chi connectivity index (χ2n) is 4.20. The van der Waals surface area contributed by atoms with Crippen molar-refractivity contribution in [3.05, 3.63) is 23.3 Å². The summed E-state index contributed by atoms with van der Waals surface area (Å²) in [6.07, 6.45) is 7.86. The Morgan fingerprint density at radius 1 is 1.65 bits per heavy atom. The molecule has 1 amide bonds. The van der Waals surface area contributed by atoms with Crippen LogP contribution in [-0.2, 0) is 4.79 Å². The van der Waals surface area contributed by atoms with Crippen LogP contribution in [-0.4, -0.2) is 29.9 Å². The van der Waals surface area contributed by atoms with Gasteiger partial charge in [-0.25, -0.2) is 0 Å². The zero-order valence-electron chi connectivity index (χ0n) is 9.70. The van der Waals surface area contributed by atoms with Crippen molar-refractivity contribution in [2.75, 3.05) is 6.54 Å². The van der Waals surface area contributed by atoms with E-state index < -0.39 is 0 Å². The summed E-state index contributed by atoms with van der Waals surface area (Å²) in [5.74, 6) is 0.355. The van der Waals surface area contributed by atoms with Crippen LogP contribution < -0.4 is 10.5 Å². The molecular weight excluding hydrogens is 258 g/mol. The fourth-order valence-electron chi connectivity index (χ4n) is 2.24. The second-order valence-corrected chi connectivity index (χ2v) is 5.12. The molecule has 1 unspecified atom stereocenters. The maximum Gasteiger partial charge on any atom is 0.209 e. The van der Waals surface area contributed by atoms with E-state index in [1.54, 1.807) is 16.8 Å². The van der Waals surface area contributed by atoms with Gasteiger partial charge in [-0.15, -0.1) is 12.4 Å². The minimum absolute atomic E-state index is 0. The standard InChI is InChI=1S/C11H17N3OS.ClH/c1-8-11(12)9(4-6-14(8)7-15)10-3-2-5-13-16-10;/h2-3,5,7-9,11,13H,4,6,12H2,1H3;1H/t8-,9?,11+;/m1./s1. The van der Waals surface area contributed by atoms with Gasteiger partial charge in [0.15, 0.2) is 0 Å². The van der Waals surface area contributed by atoms with Gasteiger partial charge >= 0.3 is 0 Å². The molecule has 0 aromatic carbocycles. The summed E-state index contributed by atoms with van der Waals surface area (Å²) in [5, 5.41) is 0. The Balaban J connectivity index is 0.00000144. The number of rotatable bonds is 2. The lowest BCUT2D eigenvalue weighted by molar-refractivity contribution is -0.121. The van der Waals surface area contributed by atoms with Gasteiger partial charge in [-0.2, -0.15) is 0 Å². The van der Waals surface area contributed by atoms with Crippen LogP contribution in [0.2, 0.25) is 0 Å². The third kappa shape index (κ3) is 2.97. The van der Waals surface area contributed by atoms with Crippen molar-refractivity contribution in [2.45, 2.75) is 25.4 Å². The molecule has 2 heterocycles. The van der Waals surface area contributed by atoms with E-state index in [2.05, 4.69) is 10.8 Å². The number of nitrogens with zero attached hydrogens (tertiary/aromatic N) is 1. The second kappa shape index (κ2) is 6.33. The Labute approximate surface area is 112 Å². The molecule has 17 heavy (non-hydrogen) atoms. The number of carbonyl (C=O) groups is 1. The number of nitrogens with one attached hydrogen (secondary N) is 1. The minimum Gasteiger partial charge on any atom is -0.341 e. The molecule has 0 aliphatic carbocycles. The van der Waals surface area contributed by atoms with Gasteiger partial charge in [0.05, 0.1) is 0 Å². The Kier molecular flexibility index (Phi) is 5.36. The number of nitrogens with two attached hydrogens (primary N) is 1. The number of allylic oxidation sites excluding steroid dienone is 2. The molecule has 0 aromatic rings. The van der Waals surface area contributed by atoms with Crippen molar-refractivity contribution in [2.24, 2.45) is 11.7 Å². The molecular formula is C11H18ClN3OS. The summed E-state index contributed by atoms with van der Waals surface area (Å²) in [6.45, 7) is 2.81. The molecule has 2 rings (SSSR count). The van der Waals surface area contributed by atoms with Crippen LogP contribution in [0.25, 0.3) is 0 Å². The zero-order valence-corrected chi connectivity index (χ0v) is 11.3. The molecule has 4 nitrogen and oxygen atoms in total. The lowest BCUT2D eigenvalue weighted by Gasteiger charge is -2.41. The number of likely N-dealkylation sites (tertiary alicyclic amines) is 1. The highest BCUT2D eigenvalue weighted by Crippen LogP contribution is 2.33. The van der Waals surface area contributed by atoms with Crippen LogP contribution in [0.1, 0.15) is 13.3 Å². The average molecular weight is 276 g/mol. The molecule has 2 aliphatic rings. The molecule has 6 heteroatoms. The van der Waals surface area contributed by atoms with E-state index in [0.717, 1.165) is 19.4 Å². The minimum atomic E-state index is 0. The Hall–Kier alpha value is -0.650. The summed E-state index contributed by atoms with van der Waals surface area (Å²) in [7, 11) is 0. The number of hydrogen-bond donors (Lipinski definition) is 2.